The maximum Gasteiger partial charge on any atom is 1.00 e. The summed E-state index contributed by atoms with van der Waals surface area (Å²) in [6.45, 7) is 5.93. The molecule has 0 saturated heterocycles. The number of pyridine rings is 1. The number of hydrogen-bond donors (Lipinski definition) is 0. The van der Waals surface area contributed by atoms with Crippen molar-refractivity contribution in [1.82, 2.24) is 14.8 Å². The van der Waals surface area contributed by atoms with E-state index in [1.54, 1.807) is 41.3 Å². The Morgan fingerprint density at radius 1 is 1.07 bits per heavy atom. The maximum atomic E-state index is 13.4. The fraction of sp³-hybridized carbons (Fsp3) is 0.250. The van der Waals surface area contributed by atoms with Gasteiger partial charge in [0.05, 0.1) is 16.9 Å². The van der Waals surface area contributed by atoms with Crippen LogP contribution in [0.1, 0.15) is 26.5 Å². The van der Waals surface area contributed by atoms with Crippen molar-refractivity contribution in [2.45, 2.75) is 32.7 Å². The third-order valence-corrected chi connectivity index (χ3v) is 3.99. The molecule has 5 nitrogen and oxygen atoms in total. The Balaban J connectivity index is 0.00000261. The topological polar surface area (TPSA) is 70.8 Å². The third-order valence-electron chi connectivity index (χ3n) is 3.99. The molecule has 27 heavy (non-hydrogen) atoms. The summed E-state index contributed by atoms with van der Waals surface area (Å²) in [5.41, 5.74) is 2.98. The van der Waals surface area contributed by atoms with E-state index in [1.807, 2.05) is 20.8 Å². The van der Waals surface area contributed by atoms with Gasteiger partial charge < -0.3 is 9.90 Å². The molecule has 3 rings (SSSR count). The van der Waals surface area contributed by atoms with E-state index < -0.39 is 11.5 Å². The first-order chi connectivity index (χ1) is 12.3. The largest absolute Gasteiger partial charge is 1.00 e. The van der Waals surface area contributed by atoms with Crippen molar-refractivity contribution in [3.63, 3.8) is 0 Å². The van der Waals surface area contributed by atoms with Gasteiger partial charge in [0.25, 0.3) is 0 Å². The van der Waals surface area contributed by atoms with E-state index in [0.29, 0.717) is 11.3 Å². The smallest absolute Gasteiger partial charge is 0.550 e. The minimum absolute atomic E-state index is 0. The molecule has 0 N–H and O–H groups in total. The molecule has 0 aliphatic heterocycles. The van der Waals surface area contributed by atoms with Gasteiger partial charge in [-0.25, -0.2) is 4.39 Å². The minimum atomic E-state index is -1.20. The van der Waals surface area contributed by atoms with Gasteiger partial charge in [0.2, 0.25) is 0 Å². The van der Waals surface area contributed by atoms with Gasteiger partial charge in [0, 0.05) is 35.9 Å². The molecule has 3 aromatic rings. The number of carbonyl (C=O) groups is 1. The minimum Gasteiger partial charge on any atom is -0.550 e. The zero-order chi connectivity index (χ0) is 18.9. The van der Waals surface area contributed by atoms with Gasteiger partial charge in [0.1, 0.15) is 5.82 Å². The summed E-state index contributed by atoms with van der Waals surface area (Å²) in [6.07, 6.45) is 2.97. The average Bonchev–Trinajstić information content (AvgIpc) is 2.95. The molecule has 0 spiro atoms. The van der Waals surface area contributed by atoms with Gasteiger partial charge in [0.15, 0.2) is 0 Å². The molecule has 0 atom stereocenters. The van der Waals surface area contributed by atoms with Crippen LogP contribution in [0.5, 0.6) is 0 Å². The number of carboxylic acid groups (broad SMARTS) is 1. The van der Waals surface area contributed by atoms with Crippen molar-refractivity contribution in [3.8, 4) is 22.4 Å². The van der Waals surface area contributed by atoms with Crippen molar-refractivity contribution in [2.75, 3.05) is 0 Å². The van der Waals surface area contributed by atoms with E-state index in [4.69, 9.17) is 0 Å². The third kappa shape index (κ3) is 4.47. The molecular formula is C20H19FLiN3O2. The molecule has 0 aliphatic carbocycles. The zero-order valence-corrected chi connectivity index (χ0v) is 15.9. The molecule has 0 saturated carbocycles. The van der Waals surface area contributed by atoms with E-state index >= 15 is 0 Å². The Morgan fingerprint density at radius 2 is 1.67 bits per heavy atom. The number of aromatic nitrogens is 3. The van der Waals surface area contributed by atoms with E-state index in [2.05, 4.69) is 10.1 Å². The molecular weight excluding hydrogens is 340 g/mol. The Labute approximate surface area is 169 Å². The SMILES string of the molecule is CC(C)(C)n1nc(CC(=O)[O-])c(-c2ccncc2)c1-c1ccc(F)cc1.[Li+]. The van der Waals surface area contributed by atoms with Crippen LogP contribution in [0.3, 0.4) is 0 Å². The van der Waals surface area contributed by atoms with Gasteiger partial charge in [-0.05, 0) is 62.7 Å². The van der Waals surface area contributed by atoms with Gasteiger partial charge >= 0.3 is 18.9 Å². The van der Waals surface area contributed by atoms with E-state index in [-0.39, 0.29) is 31.1 Å². The maximum absolute atomic E-state index is 13.4. The molecule has 0 fully saturated rings. The van der Waals surface area contributed by atoms with Crippen LogP contribution in [-0.2, 0) is 16.8 Å². The monoisotopic (exact) mass is 359 g/mol. The first kappa shape index (κ1) is 20.9. The van der Waals surface area contributed by atoms with E-state index in [0.717, 1.165) is 16.8 Å². The number of halogens is 1. The molecule has 0 unspecified atom stereocenters. The summed E-state index contributed by atoms with van der Waals surface area (Å²) in [4.78, 5) is 15.3. The summed E-state index contributed by atoms with van der Waals surface area (Å²) in [5.74, 6) is -1.54. The number of carbonyl (C=O) groups excluding carboxylic acids is 1. The summed E-state index contributed by atoms with van der Waals surface area (Å²) in [7, 11) is 0. The molecule has 7 heteroatoms. The molecule has 1 aromatic carbocycles. The van der Waals surface area contributed by atoms with Crippen LogP contribution in [0, 0.1) is 5.82 Å². The molecule has 0 radical (unpaired) electrons. The summed E-state index contributed by atoms with van der Waals surface area (Å²) in [6, 6.07) is 9.70. The number of hydrogen-bond acceptors (Lipinski definition) is 4. The molecule has 2 aromatic heterocycles. The number of nitrogens with zero attached hydrogens (tertiary/aromatic N) is 3. The van der Waals surface area contributed by atoms with Crippen LogP contribution in [0.25, 0.3) is 22.4 Å². The molecule has 0 amide bonds. The number of aliphatic carboxylic acids is 1. The first-order valence-corrected chi connectivity index (χ1v) is 8.26. The first-order valence-electron chi connectivity index (χ1n) is 8.26. The van der Waals surface area contributed by atoms with Crippen LogP contribution in [0.15, 0.2) is 48.8 Å². The van der Waals surface area contributed by atoms with Crippen LogP contribution in [0.4, 0.5) is 4.39 Å². The summed E-state index contributed by atoms with van der Waals surface area (Å²) >= 11 is 0. The quantitative estimate of drug-likeness (QED) is 0.605. The Kier molecular flexibility index (Phi) is 6.25. The van der Waals surface area contributed by atoms with Crippen LogP contribution in [-0.4, -0.2) is 20.7 Å². The van der Waals surface area contributed by atoms with E-state index in [9.17, 15) is 14.3 Å². The molecule has 0 bridgehead atoms. The van der Waals surface area contributed by atoms with Crippen LogP contribution >= 0.6 is 0 Å². The number of carboxylic acids is 1. The number of rotatable bonds is 4. The standard InChI is InChI=1S/C20H20FN3O2.Li/c1-20(2,3)24-19(14-4-6-15(21)7-5-14)18(13-8-10-22-11-9-13)16(23-24)12-17(25)26;/h4-11H,12H2,1-3H3,(H,25,26);/q;+1/p-1. The van der Waals surface area contributed by atoms with Crippen molar-refractivity contribution >= 4 is 5.97 Å². The molecule has 0 aliphatic rings. The molecule has 2 heterocycles. The zero-order valence-electron chi connectivity index (χ0n) is 15.9. The normalized spacial score (nSPS) is 11.1. The second-order valence-corrected chi connectivity index (χ2v) is 7.04. The van der Waals surface area contributed by atoms with Crippen molar-refractivity contribution in [3.05, 3.63) is 60.3 Å². The van der Waals surface area contributed by atoms with Gasteiger partial charge in [-0.3, -0.25) is 9.67 Å². The second-order valence-electron chi connectivity index (χ2n) is 7.04. The van der Waals surface area contributed by atoms with Crippen LogP contribution < -0.4 is 24.0 Å². The average molecular weight is 359 g/mol. The van der Waals surface area contributed by atoms with Crippen LogP contribution in [0.2, 0.25) is 0 Å². The molecule has 134 valence electrons. The van der Waals surface area contributed by atoms with Gasteiger partial charge in [-0.1, -0.05) is 0 Å². The Morgan fingerprint density at radius 3 is 2.19 bits per heavy atom. The predicted molar refractivity (Wildman–Crippen MR) is 94.6 cm³/mol. The van der Waals surface area contributed by atoms with Crippen molar-refractivity contribution in [2.24, 2.45) is 0 Å². The van der Waals surface area contributed by atoms with Crippen molar-refractivity contribution in [1.29, 1.82) is 0 Å². The van der Waals surface area contributed by atoms with E-state index in [1.165, 1.54) is 12.1 Å². The fourth-order valence-electron chi connectivity index (χ4n) is 2.91. The summed E-state index contributed by atoms with van der Waals surface area (Å²) < 4.78 is 15.2. The fourth-order valence-corrected chi connectivity index (χ4v) is 2.91. The van der Waals surface area contributed by atoms with Crippen molar-refractivity contribution < 1.29 is 33.2 Å². The Bertz CT molecular complexity index is 932. The van der Waals surface area contributed by atoms with Gasteiger partial charge in [-0.2, -0.15) is 5.10 Å². The second kappa shape index (κ2) is 8.08. The van der Waals surface area contributed by atoms with Gasteiger partial charge in [-0.15, -0.1) is 0 Å². The number of benzene rings is 1. The Hall–Kier alpha value is -2.42. The predicted octanol–water partition coefficient (Wildman–Crippen LogP) is -0.197. The summed E-state index contributed by atoms with van der Waals surface area (Å²) in [5, 5.41) is 15.9.